The molecule has 0 saturated carbocycles. The van der Waals surface area contributed by atoms with Crippen LogP contribution in [0.2, 0.25) is 0 Å². The first-order chi connectivity index (χ1) is 13.3. The highest BCUT2D eigenvalue weighted by Gasteiger charge is 2.36. The largest absolute Gasteiger partial charge is 0.339 e. The van der Waals surface area contributed by atoms with Gasteiger partial charge in [-0.25, -0.2) is 0 Å². The number of fused-ring (bicyclic) bond motifs is 1. The van der Waals surface area contributed by atoms with Gasteiger partial charge in [-0.3, -0.25) is 9.78 Å². The van der Waals surface area contributed by atoms with E-state index in [-0.39, 0.29) is 11.8 Å². The van der Waals surface area contributed by atoms with Crippen molar-refractivity contribution in [2.75, 3.05) is 11.4 Å². The van der Waals surface area contributed by atoms with E-state index in [9.17, 15) is 4.79 Å². The van der Waals surface area contributed by atoms with Gasteiger partial charge in [0.15, 0.2) is 0 Å². The van der Waals surface area contributed by atoms with E-state index >= 15 is 0 Å². The molecule has 0 spiro atoms. The van der Waals surface area contributed by atoms with Gasteiger partial charge in [0.2, 0.25) is 17.6 Å². The number of nitrogens with zero attached hydrogens (tertiary/aromatic N) is 4. The lowest BCUT2D eigenvalue weighted by Gasteiger charge is -2.25. The predicted octanol–water partition coefficient (Wildman–Crippen LogP) is 3.53. The molecule has 1 amide bonds. The van der Waals surface area contributed by atoms with Crippen molar-refractivity contribution in [3.63, 3.8) is 0 Å². The summed E-state index contributed by atoms with van der Waals surface area (Å²) in [7, 11) is 0. The molecule has 1 aromatic carbocycles. The maximum atomic E-state index is 12.7. The summed E-state index contributed by atoms with van der Waals surface area (Å²) in [5, 5.41) is 4.08. The standard InChI is InChI=1S/C21H20N4O2/c26-19-12-16(21-23-20(24-27-21)15-8-10-22-11-9-15)13-25(19)18-7-3-5-14-4-1-2-6-17(14)18/h3,5,7-11,16H,1-2,4,6,12-13H2. The molecule has 5 rings (SSSR count). The van der Waals surface area contributed by atoms with Gasteiger partial charge >= 0.3 is 0 Å². The Balaban J connectivity index is 1.41. The normalized spacial score (nSPS) is 19.3. The average molecular weight is 360 g/mol. The second-order valence-electron chi connectivity index (χ2n) is 7.22. The van der Waals surface area contributed by atoms with Crippen LogP contribution in [0.4, 0.5) is 5.69 Å². The summed E-state index contributed by atoms with van der Waals surface area (Å²) in [6.07, 6.45) is 8.37. The number of aromatic nitrogens is 3. The molecule has 1 saturated heterocycles. The summed E-state index contributed by atoms with van der Waals surface area (Å²) in [5.41, 5.74) is 4.64. The van der Waals surface area contributed by atoms with Crippen molar-refractivity contribution in [1.82, 2.24) is 15.1 Å². The molecule has 0 radical (unpaired) electrons. The lowest BCUT2D eigenvalue weighted by molar-refractivity contribution is -0.117. The minimum atomic E-state index is -0.0694. The second kappa shape index (κ2) is 6.61. The Bertz CT molecular complexity index is 983. The Morgan fingerprint density at radius 3 is 2.81 bits per heavy atom. The van der Waals surface area contributed by atoms with Gasteiger partial charge in [0.25, 0.3) is 0 Å². The molecule has 1 aliphatic carbocycles. The van der Waals surface area contributed by atoms with E-state index < -0.39 is 0 Å². The highest BCUT2D eigenvalue weighted by Crippen LogP contribution is 2.36. The number of hydrogen-bond acceptors (Lipinski definition) is 5. The molecule has 0 N–H and O–H groups in total. The van der Waals surface area contributed by atoms with Crippen LogP contribution in [0.25, 0.3) is 11.4 Å². The number of amides is 1. The van der Waals surface area contributed by atoms with Gasteiger partial charge in [-0.2, -0.15) is 4.98 Å². The van der Waals surface area contributed by atoms with Gasteiger partial charge in [-0.05, 0) is 55.0 Å². The summed E-state index contributed by atoms with van der Waals surface area (Å²) >= 11 is 0. The molecule has 2 aliphatic rings. The van der Waals surface area contributed by atoms with Gasteiger partial charge < -0.3 is 9.42 Å². The van der Waals surface area contributed by atoms with Gasteiger partial charge in [-0.15, -0.1) is 0 Å². The minimum Gasteiger partial charge on any atom is -0.339 e. The number of carbonyl (C=O) groups excluding carboxylic acids is 1. The Hall–Kier alpha value is -3.02. The molecule has 2 aromatic heterocycles. The van der Waals surface area contributed by atoms with E-state index in [0.717, 1.165) is 24.1 Å². The quantitative estimate of drug-likeness (QED) is 0.714. The first kappa shape index (κ1) is 16.2. The lowest BCUT2D eigenvalue weighted by Crippen LogP contribution is -2.26. The van der Waals surface area contributed by atoms with Crippen molar-refractivity contribution < 1.29 is 9.32 Å². The van der Waals surface area contributed by atoms with Crippen LogP contribution in [0.1, 0.15) is 42.2 Å². The fourth-order valence-electron chi connectivity index (χ4n) is 4.14. The van der Waals surface area contributed by atoms with Crippen molar-refractivity contribution in [3.05, 3.63) is 59.7 Å². The Morgan fingerprint density at radius 2 is 1.93 bits per heavy atom. The molecule has 136 valence electrons. The monoisotopic (exact) mass is 360 g/mol. The number of pyridine rings is 1. The van der Waals surface area contributed by atoms with Gasteiger partial charge in [-0.1, -0.05) is 17.3 Å². The van der Waals surface area contributed by atoms with Gasteiger partial charge in [0.1, 0.15) is 0 Å². The summed E-state index contributed by atoms with van der Waals surface area (Å²) in [6.45, 7) is 0.591. The zero-order valence-electron chi connectivity index (χ0n) is 15.0. The third-order valence-electron chi connectivity index (χ3n) is 5.52. The molecule has 27 heavy (non-hydrogen) atoms. The molecule has 6 nitrogen and oxygen atoms in total. The Kier molecular flexibility index (Phi) is 3.96. The van der Waals surface area contributed by atoms with Crippen molar-refractivity contribution in [2.24, 2.45) is 0 Å². The van der Waals surface area contributed by atoms with E-state index in [1.165, 1.54) is 24.0 Å². The molecule has 0 bridgehead atoms. The van der Waals surface area contributed by atoms with Crippen molar-refractivity contribution in [1.29, 1.82) is 0 Å². The molecule has 3 aromatic rings. The van der Waals surface area contributed by atoms with Crippen LogP contribution < -0.4 is 4.90 Å². The maximum Gasteiger partial charge on any atom is 0.232 e. The Morgan fingerprint density at radius 1 is 1.07 bits per heavy atom. The number of aryl methyl sites for hydroxylation is 1. The van der Waals surface area contributed by atoms with Crippen LogP contribution in [0.15, 0.2) is 47.2 Å². The predicted molar refractivity (Wildman–Crippen MR) is 100 cm³/mol. The second-order valence-corrected chi connectivity index (χ2v) is 7.22. The third-order valence-corrected chi connectivity index (χ3v) is 5.52. The third kappa shape index (κ3) is 2.91. The Labute approximate surface area is 157 Å². The highest BCUT2D eigenvalue weighted by atomic mass is 16.5. The van der Waals surface area contributed by atoms with E-state index in [1.807, 2.05) is 17.0 Å². The summed E-state index contributed by atoms with van der Waals surface area (Å²) in [6, 6.07) is 10.0. The zero-order chi connectivity index (χ0) is 18.2. The SMILES string of the molecule is O=C1CC(c2nc(-c3ccncc3)no2)CN1c1cccc2c1CCCC2. The highest BCUT2D eigenvalue weighted by molar-refractivity contribution is 5.97. The lowest BCUT2D eigenvalue weighted by atomic mass is 9.90. The maximum absolute atomic E-state index is 12.7. The van der Waals surface area contributed by atoms with Gasteiger partial charge in [0, 0.05) is 36.6 Å². The number of anilines is 1. The van der Waals surface area contributed by atoms with Crippen LogP contribution in [-0.4, -0.2) is 27.6 Å². The van der Waals surface area contributed by atoms with Crippen LogP contribution >= 0.6 is 0 Å². The average Bonchev–Trinajstić information content (AvgIpc) is 3.35. The molecule has 1 fully saturated rings. The summed E-state index contributed by atoms with van der Waals surface area (Å²) < 4.78 is 5.49. The molecular formula is C21H20N4O2. The molecule has 1 unspecified atom stereocenters. The molecule has 1 aliphatic heterocycles. The molecule has 6 heteroatoms. The fraction of sp³-hybridized carbons (Fsp3) is 0.333. The summed E-state index contributed by atoms with van der Waals surface area (Å²) in [4.78, 5) is 23.2. The number of benzene rings is 1. The summed E-state index contributed by atoms with van der Waals surface area (Å²) in [5.74, 6) is 1.13. The van der Waals surface area contributed by atoms with Gasteiger partial charge in [0.05, 0.1) is 5.92 Å². The van der Waals surface area contributed by atoms with E-state index in [1.54, 1.807) is 12.4 Å². The van der Waals surface area contributed by atoms with Crippen molar-refractivity contribution >= 4 is 11.6 Å². The minimum absolute atomic E-state index is 0.0694. The molecule has 1 atom stereocenters. The van der Waals surface area contributed by atoms with E-state index in [4.69, 9.17) is 4.52 Å². The van der Waals surface area contributed by atoms with E-state index in [2.05, 4.69) is 33.3 Å². The fourth-order valence-corrected chi connectivity index (χ4v) is 4.14. The van der Waals surface area contributed by atoms with Crippen molar-refractivity contribution in [2.45, 2.75) is 38.0 Å². The first-order valence-corrected chi connectivity index (χ1v) is 9.45. The van der Waals surface area contributed by atoms with Crippen LogP contribution in [0, 0.1) is 0 Å². The molecular weight excluding hydrogens is 340 g/mol. The molecule has 3 heterocycles. The number of rotatable bonds is 3. The van der Waals surface area contributed by atoms with Crippen LogP contribution in [-0.2, 0) is 17.6 Å². The topological polar surface area (TPSA) is 72.1 Å². The van der Waals surface area contributed by atoms with E-state index in [0.29, 0.717) is 24.7 Å². The smallest absolute Gasteiger partial charge is 0.232 e. The number of carbonyl (C=O) groups is 1. The van der Waals surface area contributed by atoms with Crippen molar-refractivity contribution in [3.8, 4) is 11.4 Å². The first-order valence-electron chi connectivity index (χ1n) is 9.45. The van der Waals surface area contributed by atoms with Crippen LogP contribution in [0.5, 0.6) is 0 Å². The zero-order valence-corrected chi connectivity index (χ0v) is 15.0. The van der Waals surface area contributed by atoms with Crippen LogP contribution in [0.3, 0.4) is 0 Å². The number of hydrogen-bond donors (Lipinski definition) is 0.